The highest BCUT2D eigenvalue weighted by Gasteiger charge is 2.06. The minimum atomic E-state index is 0.0228. The van der Waals surface area contributed by atoms with Gasteiger partial charge >= 0.3 is 0 Å². The molecule has 0 spiro atoms. The molecule has 0 radical (unpaired) electrons. The van der Waals surface area contributed by atoms with E-state index in [4.69, 9.17) is 4.84 Å². The Morgan fingerprint density at radius 3 is 2.50 bits per heavy atom. The van der Waals surface area contributed by atoms with Crippen LogP contribution in [0.25, 0.3) is 0 Å². The quantitative estimate of drug-likeness (QED) is 0.714. The second kappa shape index (κ2) is 6.28. The van der Waals surface area contributed by atoms with Gasteiger partial charge < -0.3 is 0 Å². The van der Waals surface area contributed by atoms with E-state index in [1.807, 2.05) is 0 Å². The number of hydrogen-bond donors (Lipinski definition) is 0. The number of hydrogen-bond acceptors (Lipinski definition) is 2. The van der Waals surface area contributed by atoms with Crippen molar-refractivity contribution in [3.8, 4) is 0 Å². The second-order valence-electron chi connectivity index (χ2n) is 3.91. The number of hydroxylamine groups is 2. The minimum Gasteiger partial charge on any atom is -0.275 e. The molecular formula is C13H19NO2. The summed E-state index contributed by atoms with van der Waals surface area (Å²) >= 11 is 0. The van der Waals surface area contributed by atoms with Crippen molar-refractivity contribution in [1.82, 2.24) is 5.06 Å². The van der Waals surface area contributed by atoms with Crippen LogP contribution in [0.4, 0.5) is 0 Å². The summed E-state index contributed by atoms with van der Waals surface area (Å²) in [6.45, 7) is 2.07. The lowest BCUT2D eigenvalue weighted by Crippen LogP contribution is -2.25. The molecule has 0 saturated carbocycles. The van der Waals surface area contributed by atoms with Gasteiger partial charge in [0.1, 0.15) is 0 Å². The van der Waals surface area contributed by atoms with Gasteiger partial charge in [0, 0.05) is 13.5 Å². The average molecular weight is 221 g/mol. The summed E-state index contributed by atoms with van der Waals surface area (Å²) in [5.74, 6) is 0.0228. The van der Waals surface area contributed by atoms with Crippen molar-refractivity contribution < 1.29 is 9.63 Å². The van der Waals surface area contributed by atoms with Gasteiger partial charge in [-0.3, -0.25) is 9.63 Å². The fraction of sp³-hybridized carbons (Fsp3) is 0.462. The number of aryl methyl sites for hydroxylation is 2. The number of amides is 1. The van der Waals surface area contributed by atoms with Gasteiger partial charge in [-0.25, -0.2) is 5.06 Å². The second-order valence-corrected chi connectivity index (χ2v) is 3.91. The van der Waals surface area contributed by atoms with Crippen molar-refractivity contribution in [2.24, 2.45) is 0 Å². The minimum absolute atomic E-state index is 0.0228. The van der Waals surface area contributed by atoms with Gasteiger partial charge in [-0.05, 0) is 25.3 Å². The van der Waals surface area contributed by atoms with Gasteiger partial charge in [-0.1, -0.05) is 29.8 Å². The van der Waals surface area contributed by atoms with Crippen molar-refractivity contribution in [1.29, 1.82) is 0 Å². The highest BCUT2D eigenvalue weighted by Crippen LogP contribution is 2.07. The molecule has 16 heavy (non-hydrogen) atoms. The molecule has 0 aromatic heterocycles. The van der Waals surface area contributed by atoms with Crippen LogP contribution in [0.5, 0.6) is 0 Å². The van der Waals surface area contributed by atoms with Crippen molar-refractivity contribution in [3.05, 3.63) is 35.4 Å². The molecule has 3 heteroatoms. The Hall–Kier alpha value is -1.35. The van der Waals surface area contributed by atoms with E-state index in [0.29, 0.717) is 6.42 Å². The highest BCUT2D eigenvalue weighted by molar-refractivity contribution is 5.74. The normalized spacial score (nSPS) is 10.2. The maximum Gasteiger partial charge on any atom is 0.245 e. The van der Waals surface area contributed by atoms with Gasteiger partial charge in [-0.15, -0.1) is 0 Å². The van der Waals surface area contributed by atoms with Gasteiger partial charge in [0.2, 0.25) is 5.91 Å². The summed E-state index contributed by atoms with van der Waals surface area (Å²) in [5, 5.41) is 1.27. The van der Waals surface area contributed by atoms with Crippen LogP contribution < -0.4 is 0 Å². The van der Waals surface area contributed by atoms with Crippen LogP contribution in [-0.2, 0) is 16.1 Å². The Bertz CT molecular complexity index is 332. The van der Waals surface area contributed by atoms with Crippen LogP contribution in [0.3, 0.4) is 0 Å². The van der Waals surface area contributed by atoms with Crippen LogP contribution in [0.1, 0.15) is 24.0 Å². The van der Waals surface area contributed by atoms with Crippen molar-refractivity contribution in [3.63, 3.8) is 0 Å². The first-order valence-corrected chi connectivity index (χ1v) is 5.49. The van der Waals surface area contributed by atoms with E-state index in [0.717, 1.165) is 12.8 Å². The van der Waals surface area contributed by atoms with E-state index in [1.165, 1.54) is 23.3 Å². The van der Waals surface area contributed by atoms with Crippen LogP contribution in [0.2, 0.25) is 0 Å². The molecule has 88 valence electrons. The first-order chi connectivity index (χ1) is 7.63. The highest BCUT2D eigenvalue weighted by atomic mass is 16.7. The van der Waals surface area contributed by atoms with Gasteiger partial charge in [0.15, 0.2) is 0 Å². The molecule has 1 aromatic carbocycles. The standard InChI is InChI=1S/C13H19NO2/c1-11-7-9-12(10-8-11)5-4-6-13(15)14(2)16-3/h7-10H,4-6H2,1-3H3. The maximum absolute atomic E-state index is 11.4. The van der Waals surface area contributed by atoms with E-state index >= 15 is 0 Å². The molecule has 1 rings (SSSR count). The molecule has 1 amide bonds. The van der Waals surface area contributed by atoms with Crippen LogP contribution in [0, 0.1) is 6.92 Å². The van der Waals surface area contributed by atoms with Crippen LogP contribution >= 0.6 is 0 Å². The third kappa shape index (κ3) is 4.03. The van der Waals surface area contributed by atoms with Gasteiger partial charge in [0.25, 0.3) is 0 Å². The Kier molecular flexibility index (Phi) is 4.99. The Labute approximate surface area is 97.0 Å². The number of rotatable bonds is 5. The zero-order valence-corrected chi connectivity index (χ0v) is 10.2. The van der Waals surface area contributed by atoms with Crippen molar-refractivity contribution >= 4 is 5.91 Å². The van der Waals surface area contributed by atoms with E-state index < -0.39 is 0 Å². The summed E-state index contributed by atoms with van der Waals surface area (Å²) in [4.78, 5) is 16.2. The summed E-state index contributed by atoms with van der Waals surface area (Å²) in [6.07, 6.45) is 2.32. The molecule has 0 bridgehead atoms. The van der Waals surface area contributed by atoms with E-state index in [9.17, 15) is 4.79 Å². The van der Waals surface area contributed by atoms with Crippen molar-refractivity contribution in [2.75, 3.05) is 14.2 Å². The maximum atomic E-state index is 11.4. The lowest BCUT2D eigenvalue weighted by atomic mass is 10.1. The van der Waals surface area contributed by atoms with E-state index in [-0.39, 0.29) is 5.91 Å². The SMILES string of the molecule is CON(C)C(=O)CCCc1ccc(C)cc1. The molecule has 0 atom stereocenters. The summed E-state index contributed by atoms with van der Waals surface area (Å²) in [7, 11) is 3.13. The van der Waals surface area contributed by atoms with Gasteiger partial charge in [-0.2, -0.15) is 0 Å². The molecule has 0 fully saturated rings. The Morgan fingerprint density at radius 1 is 1.31 bits per heavy atom. The number of nitrogens with zero attached hydrogens (tertiary/aromatic N) is 1. The first-order valence-electron chi connectivity index (χ1n) is 5.49. The molecule has 0 heterocycles. The first kappa shape index (κ1) is 12.7. The molecule has 0 N–H and O–H groups in total. The Morgan fingerprint density at radius 2 is 1.94 bits per heavy atom. The van der Waals surface area contributed by atoms with E-state index in [2.05, 4.69) is 31.2 Å². The molecule has 0 saturated heterocycles. The average Bonchev–Trinajstić information content (AvgIpc) is 2.30. The predicted molar refractivity (Wildman–Crippen MR) is 63.9 cm³/mol. The molecule has 0 aliphatic rings. The van der Waals surface area contributed by atoms with E-state index in [1.54, 1.807) is 7.05 Å². The molecule has 0 aliphatic carbocycles. The number of carbonyl (C=O) groups excluding carboxylic acids is 1. The fourth-order valence-corrected chi connectivity index (χ4v) is 1.46. The lowest BCUT2D eigenvalue weighted by Gasteiger charge is -2.13. The molecule has 0 unspecified atom stereocenters. The number of carbonyl (C=O) groups is 1. The van der Waals surface area contributed by atoms with Crippen LogP contribution in [0.15, 0.2) is 24.3 Å². The summed E-state index contributed by atoms with van der Waals surface area (Å²) in [6, 6.07) is 8.41. The zero-order chi connectivity index (χ0) is 12.0. The zero-order valence-electron chi connectivity index (χ0n) is 10.2. The van der Waals surface area contributed by atoms with Gasteiger partial charge in [0.05, 0.1) is 7.11 Å². The lowest BCUT2D eigenvalue weighted by molar-refractivity contribution is -0.168. The third-order valence-electron chi connectivity index (χ3n) is 2.60. The third-order valence-corrected chi connectivity index (χ3v) is 2.60. The monoisotopic (exact) mass is 221 g/mol. The molecule has 1 aromatic rings. The summed E-state index contributed by atoms with van der Waals surface area (Å²) in [5.41, 5.74) is 2.54. The van der Waals surface area contributed by atoms with Crippen LogP contribution in [-0.4, -0.2) is 25.1 Å². The molecular weight excluding hydrogens is 202 g/mol. The summed E-state index contributed by atoms with van der Waals surface area (Å²) < 4.78 is 0. The predicted octanol–water partition coefficient (Wildman–Crippen LogP) is 2.34. The smallest absolute Gasteiger partial charge is 0.245 e. The largest absolute Gasteiger partial charge is 0.275 e. The van der Waals surface area contributed by atoms with Crippen molar-refractivity contribution in [2.45, 2.75) is 26.2 Å². The fourth-order valence-electron chi connectivity index (χ4n) is 1.46. The molecule has 3 nitrogen and oxygen atoms in total. The number of benzene rings is 1. The molecule has 0 aliphatic heterocycles. The topological polar surface area (TPSA) is 29.5 Å². The Balaban J connectivity index is 2.30.